The SMILES string of the molecule is Cc1cc(CN(C)C2CCN(c3ccc4c(c3)OCO4)CC2)no1. The van der Waals surface area contributed by atoms with E-state index >= 15 is 0 Å². The van der Waals surface area contributed by atoms with Gasteiger partial charge in [-0.2, -0.15) is 0 Å². The number of fused-ring (bicyclic) bond motifs is 1. The Kier molecular flexibility index (Phi) is 4.06. The molecule has 1 aromatic carbocycles. The Morgan fingerprint density at radius 1 is 1.17 bits per heavy atom. The van der Waals surface area contributed by atoms with Crippen molar-refractivity contribution in [3.05, 3.63) is 35.7 Å². The maximum Gasteiger partial charge on any atom is 0.231 e. The van der Waals surface area contributed by atoms with Gasteiger partial charge in [0.2, 0.25) is 6.79 Å². The molecule has 0 atom stereocenters. The average Bonchev–Trinajstić information content (AvgIpc) is 3.23. The summed E-state index contributed by atoms with van der Waals surface area (Å²) in [5, 5.41) is 4.09. The standard InChI is InChI=1S/C18H23N3O3/c1-13-9-14(19-24-13)11-20(2)15-5-7-21(8-6-15)16-3-4-17-18(10-16)23-12-22-17/h3-4,9-10,15H,5-8,11-12H2,1-2H3. The third kappa shape index (κ3) is 3.06. The van der Waals surface area contributed by atoms with Gasteiger partial charge in [0.25, 0.3) is 0 Å². The van der Waals surface area contributed by atoms with Crippen molar-refractivity contribution in [3.63, 3.8) is 0 Å². The third-order valence-electron chi connectivity index (χ3n) is 4.90. The molecule has 0 N–H and O–H groups in total. The number of hydrogen-bond acceptors (Lipinski definition) is 6. The minimum Gasteiger partial charge on any atom is -0.454 e. The Morgan fingerprint density at radius 2 is 1.96 bits per heavy atom. The monoisotopic (exact) mass is 329 g/mol. The minimum atomic E-state index is 0.327. The molecular weight excluding hydrogens is 306 g/mol. The van der Waals surface area contributed by atoms with Crippen molar-refractivity contribution in [2.45, 2.75) is 32.4 Å². The van der Waals surface area contributed by atoms with Gasteiger partial charge in [-0.1, -0.05) is 5.16 Å². The summed E-state index contributed by atoms with van der Waals surface area (Å²) in [7, 11) is 2.17. The summed E-state index contributed by atoms with van der Waals surface area (Å²) in [6.45, 7) is 5.19. The van der Waals surface area contributed by atoms with Crippen molar-refractivity contribution in [2.24, 2.45) is 0 Å². The molecule has 0 spiro atoms. The molecule has 24 heavy (non-hydrogen) atoms. The number of ether oxygens (including phenoxy) is 2. The van der Waals surface area contributed by atoms with Gasteiger partial charge in [0.05, 0.1) is 5.69 Å². The molecule has 0 saturated carbocycles. The highest BCUT2D eigenvalue weighted by Crippen LogP contribution is 2.36. The Labute approximate surface area is 141 Å². The van der Waals surface area contributed by atoms with Gasteiger partial charge < -0.3 is 18.9 Å². The van der Waals surface area contributed by atoms with Gasteiger partial charge in [0, 0.05) is 43.5 Å². The second kappa shape index (κ2) is 6.36. The maximum absolute atomic E-state index is 5.48. The predicted octanol–water partition coefficient (Wildman–Crippen LogP) is 2.81. The van der Waals surface area contributed by atoms with Crippen molar-refractivity contribution in [1.82, 2.24) is 10.1 Å². The first-order valence-corrected chi connectivity index (χ1v) is 8.46. The maximum atomic E-state index is 5.48. The molecule has 0 radical (unpaired) electrons. The van der Waals surface area contributed by atoms with Crippen LogP contribution in [0.3, 0.4) is 0 Å². The molecule has 2 aliphatic heterocycles. The summed E-state index contributed by atoms with van der Waals surface area (Å²) < 4.78 is 16.0. The number of nitrogens with zero attached hydrogens (tertiary/aromatic N) is 3. The van der Waals surface area contributed by atoms with Crippen LogP contribution in [0.2, 0.25) is 0 Å². The van der Waals surface area contributed by atoms with E-state index in [1.165, 1.54) is 5.69 Å². The van der Waals surface area contributed by atoms with Crippen molar-refractivity contribution in [1.29, 1.82) is 0 Å². The van der Waals surface area contributed by atoms with Crippen molar-refractivity contribution >= 4 is 5.69 Å². The van der Waals surface area contributed by atoms with E-state index in [2.05, 4.69) is 34.1 Å². The van der Waals surface area contributed by atoms with Crippen LogP contribution in [-0.4, -0.2) is 43.0 Å². The van der Waals surface area contributed by atoms with Crippen LogP contribution in [0.15, 0.2) is 28.8 Å². The average molecular weight is 329 g/mol. The fourth-order valence-electron chi connectivity index (χ4n) is 3.52. The van der Waals surface area contributed by atoms with Crippen LogP contribution in [0, 0.1) is 6.92 Å². The largest absolute Gasteiger partial charge is 0.454 e. The predicted molar refractivity (Wildman–Crippen MR) is 90.5 cm³/mol. The van der Waals surface area contributed by atoms with Crippen LogP contribution in [0.1, 0.15) is 24.3 Å². The van der Waals surface area contributed by atoms with Gasteiger partial charge in [0.1, 0.15) is 5.76 Å². The molecule has 2 aliphatic rings. The van der Waals surface area contributed by atoms with Crippen LogP contribution >= 0.6 is 0 Å². The molecule has 6 heteroatoms. The van der Waals surface area contributed by atoms with E-state index < -0.39 is 0 Å². The number of anilines is 1. The second-order valence-electron chi connectivity index (χ2n) is 6.60. The fraction of sp³-hybridized carbons (Fsp3) is 0.500. The summed E-state index contributed by atoms with van der Waals surface area (Å²) >= 11 is 0. The summed E-state index contributed by atoms with van der Waals surface area (Å²) in [5.41, 5.74) is 2.22. The number of hydrogen-bond donors (Lipinski definition) is 0. The fourth-order valence-corrected chi connectivity index (χ4v) is 3.52. The van der Waals surface area contributed by atoms with Crippen molar-refractivity contribution < 1.29 is 14.0 Å². The Morgan fingerprint density at radius 3 is 2.71 bits per heavy atom. The van der Waals surface area contributed by atoms with Gasteiger partial charge in [0.15, 0.2) is 11.5 Å². The molecule has 2 aromatic rings. The first kappa shape index (κ1) is 15.3. The number of piperidine rings is 1. The van der Waals surface area contributed by atoms with E-state index in [9.17, 15) is 0 Å². The lowest BCUT2D eigenvalue weighted by molar-refractivity contribution is 0.174. The second-order valence-corrected chi connectivity index (χ2v) is 6.60. The number of benzene rings is 1. The highest BCUT2D eigenvalue weighted by atomic mass is 16.7. The zero-order valence-electron chi connectivity index (χ0n) is 14.2. The highest BCUT2D eigenvalue weighted by molar-refractivity contribution is 5.57. The summed E-state index contributed by atoms with van der Waals surface area (Å²) in [6.07, 6.45) is 2.28. The molecule has 0 unspecified atom stereocenters. The lowest BCUT2D eigenvalue weighted by Crippen LogP contribution is -2.43. The summed E-state index contributed by atoms with van der Waals surface area (Å²) in [6, 6.07) is 8.80. The highest BCUT2D eigenvalue weighted by Gasteiger charge is 2.24. The molecule has 4 rings (SSSR count). The summed E-state index contributed by atoms with van der Waals surface area (Å²) in [5.74, 6) is 2.57. The van der Waals surface area contributed by atoms with E-state index in [4.69, 9.17) is 14.0 Å². The molecule has 0 bridgehead atoms. The van der Waals surface area contributed by atoms with Crippen LogP contribution in [0.25, 0.3) is 0 Å². The van der Waals surface area contributed by atoms with E-state index in [1.807, 2.05) is 19.1 Å². The smallest absolute Gasteiger partial charge is 0.231 e. The zero-order valence-corrected chi connectivity index (χ0v) is 14.2. The molecule has 0 aliphatic carbocycles. The van der Waals surface area contributed by atoms with E-state index in [0.717, 1.165) is 55.4 Å². The molecule has 1 fully saturated rings. The van der Waals surface area contributed by atoms with Crippen molar-refractivity contribution in [2.75, 3.05) is 31.8 Å². The third-order valence-corrected chi connectivity index (χ3v) is 4.90. The Balaban J connectivity index is 1.34. The topological polar surface area (TPSA) is 51.0 Å². The van der Waals surface area contributed by atoms with E-state index in [0.29, 0.717) is 12.8 Å². The van der Waals surface area contributed by atoms with Crippen LogP contribution in [0.5, 0.6) is 11.5 Å². The van der Waals surface area contributed by atoms with Crippen LogP contribution in [0.4, 0.5) is 5.69 Å². The Bertz CT molecular complexity index is 707. The molecule has 1 saturated heterocycles. The molecule has 0 amide bonds. The van der Waals surface area contributed by atoms with Gasteiger partial charge in [-0.15, -0.1) is 0 Å². The van der Waals surface area contributed by atoms with Gasteiger partial charge in [-0.3, -0.25) is 4.90 Å². The Hall–Kier alpha value is -2.21. The normalized spacial score (nSPS) is 17.7. The van der Waals surface area contributed by atoms with E-state index in [-0.39, 0.29) is 0 Å². The molecule has 6 nitrogen and oxygen atoms in total. The lowest BCUT2D eigenvalue weighted by atomic mass is 10.0. The summed E-state index contributed by atoms with van der Waals surface area (Å²) in [4.78, 5) is 4.81. The van der Waals surface area contributed by atoms with Gasteiger partial charge in [-0.05, 0) is 38.9 Å². The van der Waals surface area contributed by atoms with E-state index in [1.54, 1.807) is 0 Å². The van der Waals surface area contributed by atoms with Gasteiger partial charge >= 0.3 is 0 Å². The number of aromatic nitrogens is 1. The lowest BCUT2D eigenvalue weighted by Gasteiger charge is -2.37. The molecule has 128 valence electrons. The first-order chi connectivity index (χ1) is 11.7. The first-order valence-electron chi connectivity index (χ1n) is 8.46. The quantitative estimate of drug-likeness (QED) is 0.860. The van der Waals surface area contributed by atoms with Gasteiger partial charge in [-0.25, -0.2) is 0 Å². The minimum absolute atomic E-state index is 0.327. The van der Waals surface area contributed by atoms with Crippen LogP contribution < -0.4 is 14.4 Å². The molecule has 3 heterocycles. The van der Waals surface area contributed by atoms with Crippen LogP contribution in [-0.2, 0) is 6.54 Å². The number of rotatable bonds is 4. The molecule has 1 aromatic heterocycles. The van der Waals surface area contributed by atoms with Crippen molar-refractivity contribution in [3.8, 4) is 11.5 Å². The zero-order chi connectivity index (χ0) is 16.5. The number of aryl methyl sites for hydroxylation is 1. The molecular formula is C18H23N3O3.